The Balaban J connectivity index is 1.28. The maximum absolute atomic E-state index is 14.8. The molecule has 2 aromatic rings. The van der Waals surface area contributed by atoms with Crippen LogP contribution in [0.2, 0.25) is 0 Å². The second-order valence-corrected chi connectivity index (χ2v) is 10.7. The number of carbonyl (C=O) groups is 2. The van der Waals surface area contributed by atoms with E-state index in [-0.39, 0.29) is 59.2 Å². The molecule has 10 nitrogen and oxygen atoms in total. The van der Waals surface area contributed by atoms with Gasteiger partial charge in [0.15, 0.2) is 11.6 Å². The molecule has 5 rings (SSSR count). The van der Waals surface area contributed by atoms with Crippen molar-refractivity contribution >= 4 is 33.5 Å². The van der Waals surface area contributed by atoms with E-state index in [0.717, 1.165) is 18.5 Å². The lowest BCUT2D eigenvalue weighted by atomic mass is 10.0. The number of H-pyrrole nitrogens is 1. The van der Waals surface area contributed by atoms with Gasteiger partial charge in [-0.15, -0.1) is 0 Å². The van der Waals surface area contributed by atoms with Gasteiger partial charge >= 0.3 is 6.03 Å². The maximum Gasteiger partial charge on any atom is 0.327 e. The minimum Gasteiger partial charge on any atom is -0.336 e. The average molecular weight is 477 g/mol. The van der Waals surface area contributed by atoms with Gasteiger partial charge in [0.2, 0.25) is 10.0 Å². The molecule has 1 saturated carbocycles. The molecule has 2 atom stereocenters. The highest BCUT2D eigenvalue weighted by Crippen LogP contribution is 2.39. The minimum absolute atomic E-state index is 0.0274. The van der Waals surface area contributed by atoms with Crippen LogP contribution in [0.1, 0.15) is 50.3 Å². The zero-order chi connectivity index (χ0) is 23.5. The van der Waals surface area contributed by atoms with Crippen LogP contribution < -0.4 is 10.0 Å². The van der Waals surface area contributed by atoms with Crippen molar-refractivity contribution in [2.24, 2.45) is 0 Å². The van der Waals surface area contributed by atoms with Crippen molar-refractivity contribution in [1.82, 2.24) is 24.7 Å². The summed E-state index contributed by atoms with van der Waals surface area (Å²) in [6.45, 7) is 3.82. The highest BCUT2D eigenvalue weighted by atomic mass is 32.2. The molecule has 1 aromatic heterocycles. The number of sulfonamides is 1. The van der Waals surface area contributed by atoms with Crippen molar-refractivity contribution < 1.29 is 22.4 Å². The average Bonchev–Trinajstić information content (AvgIpc) is 3.51. The van der Waals surface area contributed by atoms with Crippen LogP contribution in [0.5, 0.6) is 0 Å². The highest BCUT2D eigenvalue weighted by molar-refractivity contribution is 7.89. The molecular weight excluding hydrogens is 451 g/mol. The summed E-state index contributed by atoms with van der Waals surface area (Å²) in [5.41, 5.74) is 1.08. The van der Waals surface area contributed by atoms with Gasteiger partial charge in [-0.2, -0.15) is 5.10 Å². The molecule has 1 aromatic carbocycles. The van der Waals surface area contributed by atoms with Gasteiger partial charge < -0.3 is 10.2 Å². The number of anilines is 2. The molecule has 12 heteroatoms. The molecule has 1 saturated heterocycles. The predicted molar refractivity (Wildman–Crippen MR) is 117 cm³/mol. The van der Waals surface area contributed by atoms with Gasteiger partial charge in [0.05, 0.1) is 10.6 Å². The Bertz CT molecular complexity index is 1240. The third-order valence-electron chi connectivity index (χ3n) is 6.65. The number of imide groups is 1. The summed E-state index contributed by atoms with van der Waals surface area (Å²) in [6, 6.07) is 4.13. The van der Waals surface area contributed by atoms with Crippen LogP contribution >= 0.6 is 0 Å². The number of nitrogens with zero attached hydrogens (tertiary/aromatic N) is 3. The van der Waals surface area contributed by atoms with Crippen LogP contribution in [-0.4, -0.2) is 59.0 Å². The lowest BCUT2D eigenvalue weighted by Crippen LogP contribution is -2.41. The number of aromatic nitrogens is 2. The number of aromatic amines is 1. The van der Waals surface area contributed by atoms with E-state index in [0.29, 0.717) is 12.2 Å². The third-order valence-corrected chi connectivity index (χ3v) is 8.13. The van der Waals surface area contributed by atoms with Gasteiger partial charge in [-0.25, -0.2) is 22.3 Å². The molecule has 1 aliphatic carbocycles. The first-order chi connectivity index (χ1) is 15.7. The number of rotatable bonds is 5. The number of amides is 3. The summed E-state index contributed by atoms with van der Waals surface area (Å²) in [5, 5.41) is 10.1. The van der Waals surface area contributed by atoms with E-state index >= 15 is 0 Å². The first-order valence-electron chi connectivity index (χ1n) is 10.9. The first kappa shape index (κ1) is 21.8. The number of urea groups is 1. The Kier molecular flexibility index (Phi) is 5.16. The van der Waals surface area contributed by atoms with Gasteiger partial charge in [-0.1, -0.05) is 0 Å². The van der Waals surface area contributed by atoms with Crippen molar-refractivity contribution in [1.29, 1.82) is 0 Å². The van der Waals surface area contributed by atoms with E-state index in [1.807, 2.05) is 13.8 Å². The fraction of sp³-hybridized carbons (Fsp3) is 0.476. The van der Waals surface area contributed by atoms with E-state index in [1.54, 1.807) is 11.0 Å². The standard InChI is InChI=1S/C21H25FN6O4S/c1-11(2)27-10-19(29)28(21(27)30)13-4-3-12(7-13)16-8-18(26-25-16)24-15-5-6-17-14(20(15)22)9-23-33(17,31)32/h5-6,8,11-13,23H,3-4,7,9-10H2,1-2H3,(H2,24,25,26)/t12-,13+/m1/s1. The molecule has 3 amide bonds. The van der Waals surface area contributed by atoms with Crippen molar-refractivity contribution in [3.8, 4) is 0 Å². The Hall–Kier alpha value is -2.99. The summed E-state index contributed by atoms with van der Waals surface area (Å²) in [4.78, 5) is 28.1. The van der Waals surface area contributed by atoms with Crippen LogP contribution in [0, 0.1) is 5.82 Å². The summed E-state index contributed by atoms with van der Waals surface area (Å²) < 4.78 is 40.9. The summed E-state index contributed by atoms with van der Waals surface area (Å²) in [7, 11) is -3.65. The van der Waals surface area contributed by atoms with Crippen molar-refractivity contribution in [2.75, 3.05) is 11.9 Å². The van der Waals surface area contributed by atoms with E-state index in [1.165, 1.54) is 17.0 Å². The SMILES string of the molecule is CC(C)N1CC(=O)N([C@H]2CC[C@@H](c3cc(Nc4ccc5c(c4F)CNS5(=O)=O)n[nH]3)C2)C1=O. The van der Waals surface area contributed by atoms with E-state index in [9.17, 15) is 22.4 Å². The Morgan fingerprint density at radius 3 is 2.76 bits per heavy atom. The second kappa shape index (κ2) is 7.80. The van der Waals surface area contributed by atoms with E-state index in [2.05, 4.69) is 20.2 Å². The number of hydrogen-bond donors (Lipinski definition) is 3. The Morgan fingerprint density at radius 1 is 1.24 bits per heavy atom. The number of halogens is 1. The van der Waals surface area contributed by atoms with E-state index in [4.69, 9.17) is 0 Å². The van der Waals surface area contributed by atoms with Crippen LogP contribution in [0.15, 0.2) is 23.1 Å². The monoisotopic (exact) mass is 476 g/mol. The normalized spacial score (nSPS) is 24.2. The number of fused-ring (bicyclic) bond motifs is 1. The van der Waals surface area contributed by atoms with E-state index < -0.39 is 15.8 Å². The van der Waals surface area contributed by atoms with Gasteiger partial charge in [0.25, 0.3) is 5.91 Å². The summed E-state index contributed by atoms with van der Waals surface area (Å²) in [6.07, 6.45) is 2.15. The van der Waals surface area contributed by atoms with Gasteiger partial charge in [0, 0.05) is 41.9 Å². The fourth-order valence-electron chi connectivity index (χ4n) is 4.88. The molecule has 176 valence electrons. The van der Waals surface area contributed by atoms with Crippen molar-refractivity contribution in [3.05, 3.63) is 35.3 Å². The van der Waals surface area contributed by atoms with Crippen LogP contribution in [0.3, 0.4) is 0 Å². The molecule has 3 aliphatic rings. The number of benzene rings is 1. The Morgan fingerprint density at radius 2 is 2.03 bits per heavy atom. The quantitative estimate of drug-likeness (QED) is 0.569. The first-order valence-corrected chi connectivity index (χ1v) is 12.4. The minimum atomic E-state index is -3.65. The summed E-state index contributed by atoms with van der Waals surface area (Å²) in [5.74, 6) is -0.298. The maximum atomic E-state index is 14.8. The second-order valence-electron chi connectivity index (χ2n) is 8.99. The zero-order valence-electron chi connectivity index (χ0n) is 18.3. The van der Waals surface area contributed by atoms with Gasteiger partial charge in [-0.3, -0.25) is 14.8 Å². The van der Waals surface area contributed by atoms with Crippen molar-refractivity contribution in [3.63, 3.8) is 0 Å². The molecule has 0 bridgehead atoms. The fourth-order valence-corrected chi connectivity index (χ4v) is 6.10. The lowest BCUT2D eigenvalue weighted by molar-refractivity contribution is -0.126. The largest absolute Gasteiger partial charge is 0.336 e. The topological polar surface area (TPSA) is 128 Å². The number of carbonyl (C=O) groups excluding carboxylic acids is 2. The number of hydrogen-bond acceptors (Lipinski definition) is 6. The van der Waals surface area contributed by atoms with Crippen LogP contribution in [0.4, 0.5) is 20.7 Å². The van der Waals surface area contributed by atoms with Crippen molar-refractivity contribution in [2.45, 2.75) is 62.6 Å². The molecule has 0 spiro atoms. The molecule has 3 N–H and O–H groups in total. The molecular formula is C21H25FN6O4S. The molecule has 2 aliphatic heterocycles. The zero-order valence-corrected chi connectivity index (χ0v) is 19.1. The lowest BCUT2D eigenvalue weighted by Gasteiger charge is -2.24. The van der Waals surface area contributed by atoms with Crippen LogP contribution in [-0.2, 0) is 21.4 Å². The summed E-state index contributed by atoms with van der Waals surface area (Å²) >= 11 is 0. The smallest absolute Gasteiger partial charge is 0.327 e. The third kappa shape index (κ3) is 3.66. The molecule has 3 heterocycles. The Labute approximate surface area is 190 Å². The van der Waals surface area contributed by atoms with Gasteiger partial charge in [-0.05, 0) is 45.2 Å². The molecule has 33 heavy (non-hydrogen) atoms. The predicted octanol–water partition coefficient (Wildman–Crippen LogP) is 2.39. The van der Waals surface area contributed by atoms with Gasteiger partial charge in [0.1, 0.15) is 6.54 Å². The molecule has 0 radical (unpaired) electrons. The highest BCUT2D eigenvalue weighted by Gasteiger charge is 2.44. The number of nitrogens with one attached hydrogen (secondary N) is 3. The van der Waals surface area contributed by atoms with Crippen LogP contribution in [0.25, 0.3) is 0 Å². The molecule has 2 fully saturated rings. The molecule has 0 unspecified atom stereocenters.